The molecule has 2 aromatic rings. The molecule has 0 radical (unpaired) electrons. The first kappa shape index (κ1) is 17.3. The molecule has 1 heterocycles. The summed E-state index contributed by atoms with van der Waals surface area (Å²) < 4.78 is 1.98. The van der Waals surface area contributed by atoms with E-state index in [1.165, 1.54) is 0 Å². The quantitative estimate of drug-likeness (QED) is 0.793. The van der Waals surface area contributed by atoms with E-state index >= 15 is 0 Å². The maximum atomic E-state index is 12.1. The number of nitrogens with zero attached hydrogens (tertiary/aromatic N) is 2. The third kappa shape index (κ3) is 3.92. The lowest BCUT2D eigenvalue weighted by Crippen LogP contribution is -2.44. The Morgan fingerprint density at radius 3 is 2.68 bits per heavy atom. The molecule has 1 fully saturated rings. The molecule has 0 aliphatic heterocycles. The fourth-order valence-corrected chi connectivity index (χ4v) is 3.40. The number of carbonyl (C=O) groups is 2. The van der Waals surface area contributed by atoms with E-state index in [-0.39, 0.29) is 18.0 Å². The van der Waals surface area contributed by atoms with Gasteiger partial charge >= 0.3 is 12.0 Å². The molecule has 0 atom stereocenters. The largest absolute Gasteiger partial charge is 0.481 e. The minimum atomic E-state index is -0.736. The van der Waals surface area contributed by atoms with Crippen LogP contribution in [0.1, 0.15) is 37.1 Å². The molecule has 0 spiro atoms. The van der Waals surface area contributed by atoms with Crippen molar-refractivity contribution in [3.63, 3.8) is 0 Å². The number of aromatic nitrogens is 2. The molecule has 0 unspecified atom stereocenters. The molecule has 25 heavy (non-hydrogen) atoms. The van der Waals surface area contributed by atoms with Gasteiger partial charge in [0.05, 0.1) is 23.5 Å². The van der Waals surface area contributed by atoms with E-state index in [9.17, 15) is 9.59 Å². The zero-order chi connectivity index (χ0) is 18.0. The van der Waals surface area contributed by atoms with Gasteiger partial charge < -0.3 is 20.3 Å². The first-order valence-corrected chi connectivity index (χ1v) is 8.63. The molecule has 7 nitrogen and oxygen atoms in total. The molecule has 0 saturated heterocycles. The van der Waals surface area contributed by atoms with Crippen molar-refractivity contribution < 1.29 is 14.7 Å². The fraction of sp³-hybridized carbons (Fsp3) is 0.500. The van der Waals surface area contributed by atoms with E-state index in [0.717, 1.165) is 22.4 Å². The Morgan fingerprint density at radius 1 is 1.28 bits per heavy atom. The van der Waals surface area contributed by atoms with Gasteiger partial charge in [0, 0.05) is 13.1 Å². The number of carboxylic acid groups (broad SMARTS) is 1. The van der Waals surface area contributed by atoms with Gasteiger partial charge in [-0.1, -0.05) is 6.07 Å². The molecule has 134 valence electrons. The summed E-state index contributed by atoms with van der Waals surface area (Å²) in [5, 5.41) is 14.8. The fourth-order valence-electron chi connectivity index (χ4n) is 3.40. The van der Waals surface area contributed by atoms with Crippen molar-refractivity contribution in [1.29, 1.82) is 0 Å². The first-order valence-electron chi connectivity index (χ1n) is 8.63. The molecule has 1 aliphatic carbocycles. The maximum Gasteiger partial charge on any atom is 0.315 e. The molecule has 1 aromatic heterocycles. The normalized spacial score (nSPS) is 20.4. The molecular weight excluding hydrogens is 320 g/mol. The summed E-state index contributed by atoms with van der Waals surface area (Å²) in [5.41, 5.74) is 3.11. The zero-order valence-corrected chi connectivity index (χ0v) is 14.6. The lowest BCUT2D eigenvalue weighted by atomic mass is 9.86. The van der Waals surface area contributed by atoms with Crippen molar-refractivity contribution in [3.8, 4) is 0 Å². The summed E-state index contributed by atoms with van der Waals surface area (Å²) in [6.45, 7) is 2.37. The van der Waals surface area contributed by atoms with Gasteiger partial charge in [0.25, 0.3) is 0 Å². The number of hydrogen-bond donors (Lipinski definition) is 3. The summed E-state index contributed by atoms with van der Waals surface area (Å²) in [5.74, 6) is -0.213. The second kappa shape index (κ2) is 7.13. The van der Waals surface area contributed by atoms with Crippen LogP contribution in [0, 0.1) is 12.8 Å². The van der Waals surface area contributed by atoms with Gasteiger partial charge in [0.1, 0.15) is 5.82 Å². The number of benzene rings is 1. The molecule has 1 saturated carbocycles. The molecule has 3 N–H and O–H groups in total. The van der Waals surface area contributed by atoms with Crippen LogP contribution in [-0.2, 0) is 18.4 Å². The van der Waals surface area contributed by atoms with Crippen LogP contribution in [0.4, 0.5) is 4.79 Å². The summed E-state index contributed by atoms with van der Waals surface area (Å²) in [6.07, 6.45) is 2.64. The van der Waals surface area contributed by atoms with Crippen LogP contribution in [0.2, 0.25) is 0 Å². The van der Waals surface area contributed by atoms with Crippen LogP contribution in [0.3, 0.4) is 0 Å². The number of fused-ring (bicyclic) bond motifs is 1. The van der Waals surface area contributed by atoms with Crippen molar-refractivity contribution in [1.82, 2.24) is 20.2 Å². The Balaban J connectivity index is 1.53. The van der Waals surface area contributed by atoms with Gasteiger partial charge in [-0.2, -0.15) is 0 Å². The van der Waals surface area contributed by atoms with Gasteiger partial charge in [-0.3, -0.25) is 4.79 Å². The Kier molecular flexibility index (Phi) is 4.92. The van der Waals surface area contributed by atoms with E-state index in [0.29, 0.717) is 32.2 Å². The molecule has 0 bridgehead atoms. The Labute approximate surface area is 146 Å². The average molecular weight is 344 g/mol. The second-order valence-electron chi connectivity index (χ2n) is 6.79. The van der Waals surface area contributed by atoms with Gasteiger partial charge in [0.2, 0.25) is 0 Å². The lowest BCUT2D eigenvalue weighted by Gasteiger charge is -2.26. The third-order valence-electron chi connectivity index (χ3n) is 4.95. The van der Waals surface area contributed by atoms with Gasteiger partial charge in [-0.15, -0.1) is 0 Å². The Bertz CT molecular complexity index is 791. The van der Waals surface area contributed by atoms with Crippen LogP contribution >= 0.6 is 0 Å². The average Bonchev–Trinajstić information content (AvgIpc) is 2.88. The smallest absolute Gasteiger partial charge is 0.315 e. The topological polar surface area (TPSA) is 96.2 Å². The predicted molar refractivity (Wildman–Crippen MR) is 94.2 cm³/mol. The number of urea groups is 1. The molecule has 1 aromatic carbocycles. The molecule has 1 aliphatic rings. The number of aliphatic carboxylic acids is 1. The summed E-state index contributed by atoms with van der Waals surface area (Å²) in [7, 11) is 1.94. The van der Waals surface area contributed by atoms with Crippen molar-refractivity contribution in [2.75, 3.05) is 0 Å². The second-order valence-corrected chi connectivity index (χ2v) is 6.79. The van der Waals surface area contributed by atoms with Crippen LogP contribution in [0.15, 0.2) is 18.2 Å². The Hall–Kier alpha value is -2.57. The zero-order valence-electron chi connectivity index (χ0n) is 14.6. The number of carbonyl (C=O) groups excluding carboxylic acids is 1. The van der Waals surface area contributed by atoms with Gasteiger partial charge in [-0.05, 0) is 50.3 Å². The molecule has 2 amide bonds. The Morgan fingerprint density at radius 2 is 2.00 bits per heavy atom. The number of amides is 2. The van der Waals surface area contributed by atoms with E-state index < -0.39 is 5.97 Å². The highest BCUT2D eigenvalue weighted by Gasteiger charge is 2.26. The van der Waals surface area contributed by atoms with E-state index in [2.05, 4.69) is 15.6 Å². The molecule has 3 rings (SSSR count). The molecular formula is C18H24N4O3. The standard InChI is InChI=1S/C18H24N4O3/c1-11-3-8-15-14(9-11)21-16(22(15)2)10-19-18(25)20-13-6-4-12(5-7-13)17(23)24/h3,8-9,12-13H,4-7,10H2,1-2H3,(H,23,24)(H2,19,20,25). The number of hydrogen-bond acceptors (Lipinski definition) is 3. The monoisotopic (exact) mass is 344 g/mol. The van der Waals surface area contributed by atoms with Crippen LogP contribution in [0.5, 0.6) is 0 Å². The summed E-state index contributed by atoms with van der Waals surface area (Å²) in [6, 6.07) is 5.91. The van der Waals surface area contributed by atoms with Gasteiger partial charge in [-0.25, -0.2) is 9.78 Å². The van der Waals surface area contributed by atoms with Crippen LogP contribution in [0.25, 0.3) is 11.0 Å². The predicted octanol–water partition coefficient (Wildman–Crippen LogP) is 2.32. The maximum absolute atomic E-state index is 12.1. The summed E-state index contributed by atoms with van der Waals surface area (Å²) >= 11 is 0. The van der Waals surface area contributed by atoms with Crippen molar-refractivity contribution in [3.05, 3.63) is 29.6 Å². The summed E-state index contributed by atoms with van der Waals surface area (Å²) in [4.78, 5) is 27.6. The van der Waals surface area contributed by atoms with Crippen LogP contribution < -0.4 is 10.6 Å². The van der Waals surface area contributed by atoms with Gasteiger partial charge in [0.15, 0.2) is 0 Å². The first-order chi connectivity index (χ1) is 11.9. The number of rotatable bonds is 4. The molecule has 7 heteroatoms. The highest BCUT2D eigenvalue weighted by Crippen LogP contribution is 2.24. The minimum absolute atomic E-state index is 0.0405. The lowest BCUT2D eigenvalue weighted by molar-refractivity contribution is -0.142. The van der Waals surface area contributed by atoms with Crippen molar-refractivity contribution >= 4 is 23.0 Å². The number of nitrogens with one attached hydrogen (secondary N) is 2. The highest BCUT2D eigenvalue weighted by molar-refractivity contribution is 5.77. The minimum Gasteiger partial charge on any atom is -0.481 e. The van der Waals surface area contributed by atoms with Crippen molar-refractivity contribution in [2.24, 2.45) is 13.0 Å². The highest BCUT2D eigenvalue weighted by atomic mass is 16.4. The van der Waals surface area contributed by atoms with E-state index in [4.69, 9.17) is 5.11 Å². The third-order valence-corrected chi connectivity index (χ3v) is 4.95. The number of aryl methyl sites for hydroxylation is 2. The van der Waals surface area contributed by atoms with E-state index in [1.807, 2.05) is 36.7 Å². The van der Waals surface area contributed by atoms with E-state index in [1.54, 1.807) is 0 Å². The van der Waals surface area contributed by atoms with Crippen LogP contribution in [-0.4, -0.2) is 32.7 Å². The number of imidazole rings is 1. The number of carboxylic acids is 1. The van der Waals surface area contributed by atoms with Crippen molar-refractivity contribution in [2.45, 2.75) is 45.2 Å². The SMILES string of the molecule is Cc1ccc2c(c1)nc(CNC(=O)NC1CCC(C(=O)O)CC1)n2C.